The van der Waals surface area contributed by atoms with Crippen LogP contribution in [0.1, 0.15) is 20.8 Å². The molecular formula is C12H16BrNO3. The van der Waals surface area contributed by atoms with Gasteiger partial charge in [-0.15, -0.1) is 0 Å². The molecule has 0 saturated heterocycles. The van der Waals surface area contributed by atoms with E-state index in [1.54, 1.807) is 12.3 Å². The number of allylic oxidation sites excluding steroid dienone is 4. The van der Waals surface area contributed by atoms with Crippen LogP contribution in [0.25, 0.3) is 0 Å². The van der Waals surface area contributed by atoms with E-state index in [0.29, 0.717) is 10.1 Å². The van der Waals surface area contributed by atoms with Gasteiger partial charge in [-0.25, -0.2) is 0 Å². The molecule has 0 fully saturated rings. The van der Waals surface area contributed by atoms with Crippen LogP contribution < -0.4 is 0 Å². The highest BCUT2D eigenvalue weighted by Gasteiger charge is 2.20. The molecule has 0 bridgehead atoms. The lowest BCUT2D eigenvalue weighted by atomic mass is 10.1. The van der Waals surface area contributed by atoms with Gasteiger partial charge in [-0.1, -0.05) is 0 Å². The van der Waals surface area contributed by atoms with E-state index in [-0.39, 0.29) is 11.5 Å². The van der Waals surface area contributed by atoms with Gasteiger partial charge in [0.2, 0.25) is 5.78 Å². The highest BCUT2D eigenvalue weighted by atomic mass is 79.9. The summed E-state index contributed by atoms with van der Waals surface area (Å²) in [6.07, 6.45) is 4.55. The van der Waals surface area contributed by atoms with Crippen LogP contribution in [0.2, 0.25) is 0 Å². The average molecular weight is 302 g/mol. The lowest BCUT2D eigenvalue weighted by Gasteiger charge is -2.29. The molecule has 1 aliphatic carbocycles. The molecule has 94 valence electrons. The number of ketones is 1. The van der Waals surface area contributed by atoms with Crippen LogP contribution in [0.4, 0.5) is 0 Å². The maximum Gasteiger partial charge on any atom is 0.221 e. The third kappa shape index (κ3) is 3.44. The van der Waals surface area contributed by atoms with Gasteiger partial charge in [0.15, 0.2) is 5.76 Å². The zero-order valence-corrected chi connectivity index (χ0v) is 11.9. The minimum absolute atomic E-state index is 0.197. The van der Waals surface area contributed by atoms with Crippen molar-refractivity contribution in [3.8, 4) is 0 Å². The first-order valence-electron chi connectivity index (χ1n) is 5.13. The van der Waals surface area contributed by atoms with Crippen molar-refractivity contribution in [2.24, 2.45) is 0 Å². The summed E-state index contributed by atoms with van der Waals surface area (Å²) in [5.41, 5.74) is 0.266. The fourth-order valence-electron chi connectivity index (χ4n) is 1.13. The zero-order chi connectivity index (χ0) is 13.2. The number of hydrogen-bond acceptors (Lipinski definition) is 4. The molecule has 4 nitrogen and oxygen atoms in total. The van der Waals surface area contributed by atoms with Gasteiger partial charge in [0.1, 0.15) is 0 Å². The molecule has 5 heteroatoms. The summed E-state index contributed by atoms with van der Waals surface area (Å²) in [6.45, 7) is 5.61. The molecule has 0 aromatic rings. The van der Waals surface area contributed by atoms with E-state index in [0.717, 1.165) is 5.06 Å². The minimum atomic E-state index is -0.414. The summed E-state index contributed by atoms with van der Waals surface area (Å²) in [7, 11) is 1.44. The van der Waals surface area contributed by atoms with Crippen molar-refractivity contribution in [1.82, 2.24) is 5.06 Å². The van der Waals surface area contributed by atoms with Crippen molar-refractivity contribution < 1.29 is 14.7 Å². The third-order valence-corrected chi connectivity index (χ3v) is 2.92. The topological polar surface area (TPSA) is 49.8 Å². The molecule has 0 aromatic carbocycles. The summed E-state index contributed by atoms with van der Waals surface area (Å²) in [5.74, 6) is 0.0542. The minimum Gasteiger partial charge on any atom is -0.493 e. The normalized spacial score (nSPS) is 18.9. The Morgan fingerprint density at radius 1 is 1.41 bits per heavy atom. The van der Waals surface area contributed by atoms with E-state index in [9.17, 15) is 10.0 Å². The lowest BCUT2D eigenvalue weighted by molar-refractivity contribution is -0.114. The molecule has 0 unspecified atom stereocenters. The van der Waals surface area contributed by atoms with Crippen LogP contribution in [0.15, 0.2) is 34.2 Å². The van der Waals surface area contributed by atoms with E-state index in [2.05, 4.69) is 15.9 Å². The fraction of sp³-hybridized carbons (Fsp3) is 0.417. The molecule has 17 heavy (non-hydrogen) atoms. The predicted molar refractivity (Wildman–Crippen MR) is 68.6 cm³/mol. The van der Waals surface area contributed by atoms with Crippen molar-refractivity contribution in [3.63, 3.8) is 0 Å². The Hall–Kier alpha value is -1.07. The van der Waals surface area contributed by atoms with Gasteiger partial charge in [-0.3, -0.25) is 15.1 Å². The molecule has 0 saturated carbocycles. The second-order valence-corrected chi connectivity index (χ2v) is 5.52. The van der Waals surface area contributed by atoms with Gasteiger partial charge in [0, 0.05) is 22.3 Å². The van der Waals surface area contributed by atoms with E-state index in [1.807, 2.05) is 20.8 Å². The summed E-state index contributed by atoms with van der Waals surface area (Å²) in [4.78, 5) is 11.5. The molecule has 1 rings (SSSR count). The largest absolute Gasteiger partial charge is 0.493 e. The number of rotatable bonds is 2. The standard InChI is InChI=1S/C12H16BrNO3/c1-12(2,3)14(16)7-8-5-11(17-4)10(15)6-9(8)13/h5-7,16H,1-4H3/b8-7+. The van der Waals surface area contributed by atoms with Crippen LogP contribution in [0, 0.1) is 0 Å². The predicted octanol–water partition coefficient (Wildman–Crippen LogP) is 2.75. The Morgan fingerprint density at radius 3 is 2.47 bits per heavy atom. The number of hydroxylamine groups is 2. The second-order valence-electron chi connectivity index (χ2n) is 4.67. The third-order valence-electron chi connectivity index (χ3n) is 2.23. The van der Waals surface area contributed by atoms with Gasteiger partial charge >= 0.3 is 0 Å². The SMILES string of the molecule is COC1=C/C(=C\N(O)C(C)(C)C)C(Br)=CC1=O. The highest BCUT2D eigenvalue weighted by molar-refractivity contribution is 9.12. The number of methoxy groups -OCH3 is 1. The zero-order valence-electron chi connectivity index (χ0n) is 10.3. The molecule has 0 spiro atoms. The monoisotopic (exact) mass is 301 g/mol. The van der Waals surface area contributed by atoms with Crippen LogP contribution >= 0.6 is 15.9 Å². The molecule has 0 radical (unpaired) electrons. The van der Waals surface area contributed by atoms with Gasteiger partial charge in [-0.2, -0.15) is 0 Å². The van der Waals surface area contributed by atoms with Crippen molar-refractivity contribution in [2.75, 3.05) is 7.11 Å². The van der Waals surface area contributed by atoms with Crippen LogP contribution in [-0.4, -0.2) is 28.7 Å². The summed E-state index contributed by atoms with van der Waals surface area (Å²) in [6, 6.07) is 0. The molecule has 1 N–H and O–H groups in total. The maximum absolute atomic E-state index is 11.5. The summed E-state index contributed by atoms with van der Waals surface area (Å²) < 4.78 is 5.57. The van der Waals surface area contributed by atoms with Crippen LogP contribution in [0.3, 0.4) is 0 Å². The summed E-state index contributed by atoms with van der Waals surface area (Å²) >= 11 is 3.28. The Morgan fingerprint density at radius 2 is 2.00 bits per heavy atom. The first-order valence-corrected chi connectivity index (χ1v) is 5.92. The summed E-state index contributed by atoms with van der Waals surface area (Å²) in [5, 5.41) is 10.9. The fourth-order valence-corrected chi connectivity index (χ4v) is 1.56. The Bertz CT molecular complexity index is 416. The first kappa shape index (κ1) is 14.0. The van der Waals surface area contributed by atoms with Crippen LogP contribution in [-0.2, 0) is 9.53 Å². The van der Waals surface area contributed by atoms with Crippen molar-refractivity contribution in [2.45, 2.75) is 26.3 Å². The number of nitrogens with zero attached hydrogens (tertiary/aromatic N) is 1. The molecule has 0 aliphatic heterocycles. The van der Waals surface area contributed by atoms with E-state index in [4.69, 9.17) is 4.74 Å². The number of hydrogen-bond donors (Lipinski definition) is 1. The van der Waals surface area contributed by atoms with E-state index >= 15 is 0 Å². The van der Waals surface area contributed by atoms with Gasteiger partial charge in [-0.05, 0) is 42.8 Å². The lowest BCUT2D eigenvalue weighted by Crippen LogP contribution is -2.34. The van der Waals surface area contributed by atoms with E-state index in [1.165, 1.54) is 13.2 Å². The van der Waals surface area contributed by atoms with Gasteiger partial charge < -0.3 is 4.74 Å². The Labute approximate surface area is 109 Å². The maximum atomic E-state index is 11.5. The highest BCUT2D eigenvalue weighted by Crippen LogP contribution is 2.27. The molecule has 0 amide bonds. The molecular weight excluding hydrogens is 286 g/mol. The molecule has 0 atom stereocenters. The van der Waals surface area contributed by atoms with Crippen LogP contribution in [0.5, 0.6) is 0 Å². The first-order chi connectivity index (χ1) is 7.75. The smallest absolute Gasteiger partial charge is 0.221 e. The quantitative estimate of drug-likeness (QED) is 0.797. The Kier molecular flexibility index (Phi) is 4.16. The van der Waals surface area contributed by atoms with Gasteiger partial charge in [0.25, 0.3) is 0 Å². The second kappa shape index (κ2) is 5.06. The number of halogens is 1. The number of carbonyl (C=O) groups is 1. The van der Waals surface area contributed by atoms with Crippen molar-refractivity contribution in [3.05, 3.63) is 34.2 Å². The average Bonchev–Trinajstić information content (AvgIpc) is 2.20. The van der Waals surface area contributed by atoms with Crippen molar-refractivity contribution >= 4 is 21.7 Å². The van der Waals surface area contributed by atoms with Gasteiger partial charge in [0.05, 0.1) is 12.6 Å². The number of carbonyl (C=O) groups excluding carboxylic acids is 1. The molecule has 0 heterocycles. The molecule has 0 aromatic heterocycles. The Balaban J connectivity index is 3.06. The van der Waals surface area contributed by atoms with Crippen molar-refractivity contribution in [1.29, 1.82) is 0 Å². The number of ether oxygens (including phenoxy) is 1. The van der Waals surface area contributed by atoms with E-state index < -0.39 is 5.54 Å². The molecule has 1 aliphatic rings.